The van der Waals surface area contributed by atoms with E-state index in [1.807, 2.05) is 0 Å². The van der Waals surface area contributed by atoms with Gasteiger partial charge in [-0.1, -0.05) is 26.1 Å². The van der Waals surface area contributed by atoms with Crippen molar-refractivity contribution in [3.63, 3.8) is 0 Å². The van der Waals surface area contributed by atoms with E-state index in [4.69, 9.17) is 0 Å². The molecule has 10 heavy (non-hydrogen) atoms. The van der Waals surface area contributed by atoms with Crippen LogP contribution in [0.25, 0.3) is 0 Å². The Morgan fingerprint density at radius 2 is 2.40 bits per heavy atom. The maximum absolute atomic E-state index is 3.96. The van der Waals surface area contributed by atoms with E-state index >= 15 is 0 Å². The Morgan fingerprint density at radius 1 is 1.70 bits per heavy atom. The van der Waals surface area contributed by atoms with Gasteiger partial charge >= 0.3 is 0 Å². The molecule has 0 aliphatic rings. The fourth-order valence-corrected chi connectivity index (χ4v) is 0.604. The van der Waals surface area contributed by atoms with Crippen molar-refractivity contribution in [2.75, 3.05) is 0 Å². The summed E-state index contributed by atoms with van der Waals surface area (Å²) in [6, 6.07) is 0. The quantitative estimate of drug-likeness (QED) is 0.706. The van der Waals surface area contributed by atoms with Crippen LogP contribution in [-0.2, 0) is 19.5 Å². The minimum Gasteiger partial charge on any atom is -0.429 e. The summed E-state index contributed by atoms with van der Waals surface area (Å²) in [4.78, 5) is 3.96. The van der Waals surface area contributed by atoms with Gasteiger partial charge in [-0.05, 0) is 5.92 Å². The van der Waals surface area contributed by atoms with Crippen molar-refractivity contribution in [2.24, 2.45) is 0 Å². The van der Waals surface area contributed by atoms with Crippen molar-refractivity contribution in [2.45, 2.75) is 26.2 Å². The zero-order valence-corrected chi connectivity index (χ0v) is 7.68. The Hall–Kier alpha value is -0.237. The molecule has 0 saturated heterocycles. The molecule has 0 aromatic carbocycles. The van der Waals surface area contributed by atoms with Gasteiger partial charge in [0, 0.05) is 25.8 Å². The van der Waals surface area contributed by atoms with Gasteiger partial charge in [-0.3, -0.25) is 5.10 Å². The molecule has 1 aromatic rings. The molecular weight excluding hydrogens is 217 g/mol. The van der Waals surface area contributed by atoms with Crippen LogP contribution in [0.1, 0.15) is 32.0 Å². The molecule has 0 aliphatic heterocycles. The second-order valence-electron chi connectivity index (χ2n) is 2.13. The molecule has 4 heteroatoms. The summed E-state index contributed by atoms with van der Waals surface area (Å²) < 4.78 is 0. The van der Waals surface area contributed by atoms with Crippen molar-refractivity contribution in [3.8, 4) is 0 Å². The number of hydrogen-bond acceptors (Lipinski definition) is 2. The molecule has 0 aliphatic carbocycles. The fraction of sp³-hybridized carbons (Fsp3) is 0.667. The fourth-order valence-electron chi connectivity index (χ4n) is 0.604. The van der Waals surface area contributed by atoms with Gasteiger partial charge < -0.3 is 10.1 Å². The Balaban J connectivity index is 0.000000810. The van der Waals surface area contributed by atoms with Crippen molar-refractivity contribution in [1.82, 2.24) is 15.2 Å². The van der Waals surface area contributed by atoms with Gasteiger partial charge in [-0.15, -0.1) is 0 Å². The second kappa shape index (κ2) is 4.56. The topological polar surface area (TPSA) is 39.9 Å². The van der Waals surface area contributed by atoms with Gasteiger partial charge in [0.2, 0.25) is 0 Å². The summed E-state index contributed by atoms with van der Waals surface area (Å²) in [5.41, 5.74) is 0. The number of aromatic nitrogens is 3. The average molecular weight is 227 g/mol. The summed E-state index contributed by atoms with van der Waals surface area (Å²) in [6.45, 7) is 4.21. The van der Waals surface area contributed by atoms with E-state index in [-0.39, 0.29) is 19.5 Å². The van der Waals surface area contributed by atoms with Crippen LogP contribution in [0.5, 0.6) is 0 Å². The zero-order valence-electron chi connectivity index (χ0n) is 6.04. The van der Waals surface area contributed by atoms with Gasteiger partial charge in [0.25, 0.3) is 0 Å². The third kappa shape index (κ3) is 2.18. The Bertz CT molecular complexity index is 162. The van der Waals surface area contributed by atoms with E-state index in [2.05, 4.69) is 29.0 Å². The first-order valence-corrected chi connectivity index (χ1v) is 3.14. The monoisotopic (exact) mass is 227 g/mol. The third-order valence-electron chi connectivity index (χ3n) is 1.45. The van der Waals surface area contributed by atoms with Gasteiger partial charge in [-0.25, -0.2) is 0 Å². The Kier molecular flexibility index (Phi) is 4.45. The molecule has 0 saturated carbocycles. The van der Waals surface area contributed by atoms with Crippen molar-refractivity contribution in [3.05, 3.63) is 12.2 Å². The first-order valence-electron chi connectivity index (χ1n) is 3.14. The van der Waals surface area contributed by atoms with E-state index in [1.165, 1.54) is 6.33 Å². The standard InChI is InChI=1S/C6H10N3.Rh/c1-3-5(2)6-7-4-8-9-6;/h4-5H,3H2,1-2H3;/q-1;. The molecule has 0 spiro atoms. The number of nitrogens with zero attached hydrogens (tertiary/aromatic N) is 3. The van der Waals surface area contributed by atoms with Crippen LogP contribution < -0.4 is 5.10 Å². The van der Waals surface area contributed by atoms with Crippen molar-refractivity contribution in [1.29, 1.82) is 0 Å². The molecule has 0 N–H and O–H groups in total. The largest absolute Gasteiger partial charge is 0.429 e. The molecule has 0 fully saturated rings. The van der Waals surface area contributed by atoms with E-state index in [9.17, 15) is 0 Å². The van der Waals surface area contributed by atoms with Crippen LogP contribution in [-0.4, -0.2) is 10.1 Å². The molecule has 0 bridgehead atoms. The predicted octanol–water partition coefficient (Wildman–Crippen LogP) is 0.945. The number of rotatable bonds is 2. The zero-order chi connectivity index (χ0) is 6.69. The summed E-state index contributed by atoms with van der Waals surface area (Å²) >= 11 is 0. The van der Waals surface area contributed by atoms with Crippen molar-refractivity contribution < 1.29 is 19.5 Å². The Labute approximate surface area is 73.4 Å². The van der Waals surface area contributed by atoms with Crippen LogP contribution in [0.2, 0.25) is 0 Å². The van der Waals surface area contributed by atoms with Gasteiger partial charge in [0.05, 0.1) is 0 Å². The molecular formula is C6H10N3Rh-. The van der Waals surface area contributed by atoms with Crippen LogP contribution in [0.3, 0.4) is 0 Å². The van der Waals surface area contributed by atoms with Crippen LogP contribution >= 0.6 is 0 Å². The van der Waals surface area contributed by atoms with Crippen LogP contribution in [0.4, 0.5) is 0 Å². The van der Waals surface area contributed by atoms with Crippen molar-refractivity contribution >= 4 is 0 Å². The average Bonchev–Trinajstić information content (AvgIpc) is 2.37. The van der Waals surface area contributed by atoms with Gasteiger partial charge in [0.1, 0.15) is 0 Å². The summed E-state index contributed by atoms with van der Waals surface area (Å²) in [6.07, 6.45) is 2.56. The van der Waals surface area contributed by atoms with Crippen LogP contribution in [0, 0.1) is 0 Å². The molecule has 1 radical (unpaired) electrons. The SMILES string of the molecule is CCC(C)c1ncn[n-]1.[Rh]. The van der Waals surface area contributed by atoms with E-state index in [1.54, 1.807) is 0 Å². The van der Waals surface area contributed by atoms with Gasteiger partial charge in [0.15, 0.2) is 0 Å². The smallest absolute Gasteiger partial charge is 0.0122 e. The normalized spacial score (nSPS) is 12.2. The van der Waals surface area contributed by atoms with Gasteiger partial charge in [-0.2, -0.15) is 0 Å². The number of hydrogen-bond donors (Lipinski definition) is 0. The molecule has 0 amide bonds. The van der Waals surface area contributed by atoms with E-state index < -0.39 is 0 Å². The molecule has 59 valence electrons. The van der Waals surface area contributed by atoms with Crippen LogP contribution in [0.15, 0.2) is 6.33 Å². The summed E-state index contributed by atoms with van der Waals surface area (Å²) in [5.74, 6) is 1.31. The first-order chi connectivity index (χ1) is 4.34. The molecule has 3 nitrogen and oxygen atoms in total. The Morgan fingerprint density at radius 3 is 2.80 bits per heavy atom. The summed E-state index contributed by atoms with van der Waals surface area (Å²) in [7, 11) is 0. The summed E-state index contributed by atoms with van der Waals surface area (Å²) in [5, 5.41) is 7.46. The third-order valence-corrected chi connectivity index (χ3v) is 1.45. The van der Waals surface area contributed by atoms with E-state index in [0.29, 0.717) is 5.92 Å². The molecule has 1 unspecified atom stereocenters. The minimum absolute atomic E-state index is 0. The molecule has 1 aromatic heterocycles. The predicted molar refractivity (Wildman–Crippen MR) is 34.1 cm³/mol. The second-order valence-corrected chi connectivity index (χ2v) is 2.13. The maximum Gasteiger partial charge on any atom is 0.0122 e. The maximum atomic E-state index is 3.96. The molecule has 1 rings (SSSR count). The molecule has 1 heterocycles. The minimum atomic E-state index is 0. The molecule has 1 atom stereocenters. The van der Waals surface area contributed by atoms with E-state index in [0.717, 1.165) is 12.2 Å². The first kappa shape index (κ1) is 9.76.